The number of hydrogen-bond acceptors (Lipinski definition) is 4. The molecule has 1 unspecified atom stereocenters. The fraction of sp³-hybridized carbons (Fsp3) is 1.00. The van der Waals surface area contributed by atoms with E-state index in [-0.39, 0.29) is 24.9 Å². The van der Waals surface area contributed by atoms with Gasteiger partial charge in [0.2, 0.25) is 0 Å². The van der Waals surface area contributed by atoms with Gasteiger partial charge in [-0.1, -0.05) is 12.2 Å². The van der Waals surface area contributed by atoms with Crippen molar-refractivity contribution >= 4 is 18.8 Å². The van der Waals surface area contributed by atoms with Gasteiger partial charge in [-0.05, 0) is 6.92 Å². The van der Waals surface area contributed by atoms with Crippen molar-refractivity contribution in [3.05, 3.63) is 0 Å². The smallest absolute Gasteiger partial charge is 0.252 e. The van der Waals surface area contributed by atoms with E-state index < -0.39 is 6.57 Å². The monoisotopic (exact) mass is 226 g/mol. The Morgan fingerprint density at radius 1 is 1.77 bits per heavy atom. The van der Waals surface area contributed by atoms with Crippen LogP contribution in [0.15, 0.2) is 0 Å². The van der Waals surface area contributed by atoms with Crippen LogP contribution in [0.5, 0.6) is 0 Å². The molecular weight excluding hydrogens is 211 g/mol. The molecule has 1 fully saturated rings. The van der Waals surface area contributed by atoms with E-state index in [1.807, 2.05) is 6.92 Å². The van der Waals surface area contributed by atoms with Gasteiger partial charge in [-0.3, -0.25) is 4.57 Å². The van der Waals surface area contributed by atoms with E-state index in [9.17, 15) is 4.57 Å². The lowest BCUT2D eigenvalue weighted by Gasteiger charge is -2.18. The van der Waals surface area contributed by atoms with Gasteiger partial charge in [0.25, 0.3) is 6.57 Å². The van der Waals surface area contributed by atoms with Crippen molar-refractivity contribution in [3.8, 4) is 0 Å². The first-order valence-corrected chi connectivity index (χ1v) is 7.40. The zero-order valence-electron chi connectivity index (χ0n) is 7.71. The summed E-state index contributed by atoms with van der Waals surface area (Å²) in [6, 6.07) is 0. The van der Waals surface area contributed by atoms with Gasteiger partial charge in [-0.25, -0.2) is 0 Å². The van der Waals surface area contributed by atoms with Crippen molar-refractivity contribution in [3.63, 3.8) is 0 Å². The van der Waals surface area contributed by atoms with Crippen LogP contribution in [0.2, 0.25) is 0 Å². The Balaban J connectivity index is 2.54. The highest BCUT2D eigenvalue weighted by Crippen LogP contribution is 2.50. The van der Waals surface area contributed by atoms with Crippen LogP contribution in [0.1, 0.15) is 13.3 Å². The van der Waals surface area contributed by atoms with E-state index >= 15 is 0 Å². The Morgan fingerprint density at radius 3 is 2.85 bits per heavy atom. The van der Waals surface area contributed by atoms with Crippen LogP contribution >= 0.6 is 18.8 Å². The fourth-order valence-electron chi connectivity index (χ4n) is 1.44. The molecule has 0 bridgehead atoms. The molecule has 0 amide bonds. The summed E-state index contributed by atoms with van der Waals surface area (Å²) >= 11 is 3.83. The summed E-state index contributed by atoms with van der Waals surface area (Å²) < 4.78 is 21.8. The molecular formula is C7H15O4PS. The summed E-state index contributed by atoms with van der Waals surface area (Å²) in [5.74, 6) is 0. The molecule has 1 aliphatic heterocycles. The van der Waals surface area contributed by atoms with Crippen molar-refractivity contribution in [1.82, 2.24) is 0 Å². The lowest BCUT2D eigenvalue weighted by Crippen LogP contribution is -2.26. The minimum absolute atomic E-state index is 0.0435. The number of ether oxygens (including phenoxy) is 1. The van der Waals surface area contributed by atoms with Crippen molar-refractivity contribution in [1.29, 1.82) is 0 Å². The molecule has 1 aliphatic rings. The Kier molecular flexibility index (Phi) is 3.83. The molecule has 0 saturated carbocycles. The molecule has 1 heterocycles. The maximum atomic E-state index is 11.2. The van der Waals surface area contributed by atoms with Crippen LogP contribution in [0.4, 0.5) is 0 Å². The molecule has 4 atom stereocenters. The normalized spacial score (nSPS) is 38.9. The predicted molar refractivity (Wildman–Crippen MR) is 53.4 cm³/mol. The topological polar surface area (TPSA) is 55.8 Å². The molecule has 13 heavy (non-hydrogen) atoms. The molecule has 0 radical (unpaired) electrons. The van der Waals surface area contributed by atoms with Gasteiger partial charge >= 0.3 is 0 Å². The number of thiol groups is 1. The van der Waals surface area contributed by atoms with Crippen molar-refractivity contribution in [2.45, 2.75) is 31.7 Å². The van der Waals surface area contributed by atoms with Gasteiger partial charge in [0.15, 0.2) is 0 Å². The highest BCUT2D eigenvalue weighted by atomic mass is 32.7. The van der Waals surface area contributed by atoms with Crippen LogP contribution in [0.3, 0.4) is 0 Å². The quantitative estimate of drug-likeness (QED) is 0.562. The lowest BCUT2D eigenvalue weighted by molar-refractivity contribution is -0.00935. The van der Waals surface area contributed by atoms with Gasteiger partial charge in [0.1, 0.15) is 6.10 Å². The average molecular weight is 226 g/mol. The predicted octanol–water partition coefficient (Wildman–Crippen LogP) is 1.29. The molecule has 1 rings (SSSR count). The second-order valence-corrected chi connectivity index (χ2v) is 7.35. The number of hydrogen-bond donors (Lipinski definition) is 2. The van der Waals surface area contributed by atoms with Crippen LogP contribution < -0.4 is 0 Å². The van der Waals surface area contributed by atoms with E-state index in [2.05, 4.69) is 12.2 Å². The Labute approximate surface area is 83.2 Å². The highest BCUT2D eigenvalue weighted by Gasteiger charge is 2.35. The van der Waals surface area contributed by atoms with Gasteiger partial charge in [0.05, 0.1) is 18.8 Å². The molecule has 4 nitrogen and oxygen atoms in total. The Hall–Kier alpha value is 0.460. The zero-order chi connectivity index (χ0) is 10.1. The van der Waals surface area contributed by atoms with Gasteiger partial charge < -0.3 is 14.4 Å². The molecule has 1 saturated heterocycles. The van der Waals surface area contributed by atoms with Crippen LogP contribution in [-0.2, 0) is 13.8 Å². The van der Waals surface area contributed by atoms with Crippen molar-refractivity contribution in [2.24, 2.45) is 0 Å². The molecule has 0 aliphatic carbocycles. The van der Waals surface area contributed by atoms with E-state index in [4.69, 9.17) is 14.4 Å². The maximum absolute atomic E-state index is 11.2. The first-order chi connectivity index (χ1) is 5.92. The third-order valence-corrected chi connectivity index (χ3v) is 2.84. The minimum Gasteiger partial charge on any atom is -0.394 e. The number of rotatable bonds is 3. The van der Waals surface area contributed by atoms with Gasteiger partial charge in [0, 0.05) is 13.1 Å². The molecule has 0 spiro atoms. The Morgan fingerprint density at radius 2 is 2.38 bits per heavy atom. The number of aliphatic hydroxyl groups is 1. The molecule has 0 aromatic heterocycles. The molecule has 0 aromatic carbocycles. The summed E-state index contributed by atoms with van der Waals surface area (Å²) in [6.45, 7) is 0.435. The van der Waals surface area contributed by atoms with E-state index in [0.717, 1.165) is 0 Å². The van der Waals surface area contributed by atoms with Gasteiger partial charge in [-0.15, -0.1) is 0 Å². The summed E-state index contributed by atoms with van der Waals surface area (Å²) in [4.78, 5) is 0. The zero-order valence-corrected chi connectivity index (χ0v) is 9.50. The fourth-order valence-corrected chi connectivity index (χ4v) is 2.53. The van der Waals surface area contributed by atoms with Gasteiger partial charge in [-0.2, -0.15) is 0 Å². The second-order valence-electron chi connectivity index (χ2n) is 3.35. The largest absolute Gasteiger partial charge is 0.394 e. The van der Waals surface area contributed by atoms with Crippen LogP contribution in [0, 0.1) is 0 Å². The van der Waals surface area contributed by atoms with Crippen molar-refractivity contribution in [2.75, 3.05) is 13.3 Å². The third kappa shape index (κ3) is 3.60. The average Bonchev–Trinajstić information content (AvgIpc) is 2.27. The summed E-state index contributed by atoms with van der Waals surface area (Å²) in [7, 11) is 0. The van der Waals surface area contributed by atoms with E-state index in [0.29, 0.717) is 6.42 Å². The summed E-state index contributed by atoms with van der Waals surface area (Å²) in [5.41, 5.74) is 0. The molecule has 78 valence electrons. The van der Waals surface area contributed by atoms with Crippen LogP contribution in [-0.4, -0.2) is 36.7 Å². The Bertz CT molecular complexity index is 217. The van der Waals surface area contributed by atoms with Crippen LogP contribution in [0.25, 0.3) is 0 Å². The van der Waals surface area contributed by atoms with E-state index in [1.165, 1.54) is 6.66 Å². The molecule has 6 heteroatoms. The number of aliphatic hydroxyl groups excluding tert-OH is 1. The standard InChI is InChI=1S/C7H15O4PS/c1-5-3-6(7(4-8)10-5)11-12(2,9)13/h5-8H,3-4H2,1-2H3,(H,9,13)/t5-,6+,7+,12?/m0/s1. The van der Waals surface area contributed by atoms with E-state index in [1.54, 1.807) is 0 Å². The second kappa shape index (κ2) is 4.32. The minimum atomic E-state index is -2.79. The lowest BCUT2D eigenvalue weighted by atomic mass is 10.1. The summed E-state index contributed by atoms with van der Waals surface area (Å²) in [5, 5.41) is 8.93. The third-order valence-electron chi connectivity index (χ3n) is 1.90. The van der Waals surface area contributed by atoms with Crippen molar-refractivity contribution < 1.29 is 18.9 Å². The highest BCUT2D eigenvalue weighted by molar-refractivity contribution is 8.46. The summed E-state index contributed by atoms with van der Waals surface area (Å²) in [6.07, 6.45) is 0.0367. The first-order valence-electron chi connectivity index (χ1n) is 4.17. The molecule has 0 aromatic rings. The molecule has 1 N–H and O–H groups in total. The maximum Gasteiger partial charge on any atom is 0.252 e. The first kappa shape index (κ1) is 11.5. The SMILES string of the molecule is C[C@H]1C[C@@H](OP(C)(=O)S)[C@@H](CO)O1.